The van der Waals surface area contributed by atoms with Gasteiger partial charge in [0.05, 0.1) is 16.1 Å². The number of H-pyrrole nitrogens is 1. The number of hydrogen-bond donors (Lipinski definition) is 1. The summed E-state index contributed by atoms with van der Waals surface area (Å²) in [5.41, 5.74) is -1.62. The second-order valence-electron chi connectivity index (χ2n) is 4.61. The van der Waals surface area contributed by atoms with Crippen molar-refractivity contribution in [2.45, 2.75) is 6.18 Å². The van der Waals surface area contributed by atoms with Crippen molar-refractivity contribution >= 4 is 34.9 Å². The molecule has 4 nitrogen and oxygen atoms in total. The second kappa shape index (κ2) is 5.47. The predicted molar refractivity (Wildman–Crippen MR) is 82.5 cm³/mol. The first-order chi connectivity index (χ1) is 10.8. The van der Waals surface area contributed by atoms with Gasteiger partial charge >= 0.3 is 6.18 Å². The van der Waals surface area contributed by atoms with E-state index < -0.39 is 17.4 Å². The highest BCUT2D eigenvalue weighted by Crippen LogP contribution is 2.29. The molecule has 0 aliphatic carbocycles. The van der Waals surface area contributed by atoms with Gasteiger partial charge in [0.25, 0.3) is 5.56 Å². The summed E-state index contributed by atoms with van der Waals surface area (Å²) in [6.45, 7) is 0. The molecule has 118 valence electrons. The highest BCUT2D eigenvalue weighted by Gasteiger charge is 2.33. The van der Waals surface area contributed by atoms with Crippen LogP contribution in [0.1, 0.15) is 5.69 Å². The molecule has 0 saturated heterocycles. The van der Waals surface area contributed by atoms with Crippen LogP contribution in [0.3, 0.4) is 0 Å². The summed E-state index contributed by atoms with van der Waals surface area (Å²) in [6.07, 6.45) is -4.64. The van der Waals surface area contributed by atoms with Crippen molar-refractivity contribution in [2.24, 2.45) is 0 Å². The predicted octanol–water partition coefficient (Wildman–Crippen LogP) is 4.12. The number of pyridine rings is 1. The van der Waals surface area contributed by atoms with Gasteiger partial charge in [0.1, 0.15) is 5.69 Å². The Hall–Kier alpha value is -2.19. The molecule has 3 rings (SSSR count). The SMILES string of the molecule is O=c1[nH]c(=S)n(-c2ccccc2Cl)c2nc(C(F)(F)F)ccc12. The van der Waals surface area contributed by atoms with Gasteiger partial charge in [0, 0.05) is 0 Å². The average Bonchev–Trinajstić information content (AvgIpc) is 2.47. The van der Waals surface area contributed by atoms with Crippen LogP contribution in [0, 0.1) is 4.77 Å². The molecular weight excluding hydrogens is 351 g/mol. The summed E-state index contributed by atoms with van der Waals surface area (Å²) in [6, 6.07) is 8.25. The quantitative estimate of drug-likeness (QED) is 0.667. The number of aromatic nitrogens is 3. The van der Waals surface area contributed by atoms with E-state index in [2.05, 4.69) is 9.97 Å². The summed E-state index contributed by atoms with van der Waals surface area (Å²) in [5.74, 6) is 0. The maximum absolute atomic E-state index is 12.9. The topological polar surface area (TPSA) is 50.7 Å². The molecule has 23 heavy (non-hydrogen) atoms. The van der Waals surface area contributed by atoms with Crippen molar-refractivity contribution in [1.29, 1.82) is 0 Å². The summed E-state index contributed by atoms with van der Waals surface area (Å²) < 4.78 is 39.9. The van der Waals surface area contributed by atoms with Gasteiger partial charge in [0.15, 0.2) is 10.4 Å². The van der Waals surface area contributed by atoms with Gasteiger partial charge < -0.3 is 0 Å². The zero-order valence-corrected chi connectivity index (χ0v) is 12.8. The van der Waals surface area contributed by atoms with Crippen LogP contribution in [-0.4, -0.2) is 14.5 Å². The lowest BCUT2D eigenvalue weighted by Gasteiger charge is -2.13. The van der Waals surface area contributed by atoms with Gasteiger partial charge in [-0.05, 0) is 36.5 Å². The molecule has 0 radical (unpaired) electrons. The van der Waals surface area contributed by atoms with Crippen LogP contribution in [0.2, 0.25) is 5.02 Å². The molecule has 1 aromatic carbocycles. The minimum Gasteiger partial charge on any atom is -0.298 e. The van der Waals surface area contributed by atoms with E-state index in [1.165, 1.54) is 4.57 Å². The minimum absolute atomic E-state index is 0.0217. The van der Waals surface area contributed by atoms with Crippen molar-refractivity contribution in [3.05, 3.63) is 62.2 Å². The zero-order valence-electron chi connectivity index (χ0n) is 11.2. The van der Waals surface area contributed by atoms with E-state index in [9.17, 15) is 18.0 Å². The van der Waals surface area contributed by atoms with E-state index in [1.807, 2.05) is 0 Å². The van der Waals surface area contributed by atoms with Gasteiger partial charge in [0.2, 0.25) is 0 Å². The third kappa shape index (κ3) is 2.75. The fraction of sp³-hybridized carbons (Fsp3) is 0.0714. The monoisotopic (exact) mass is 357 g/mol. The average molecular weight is 358 g/mol. The molecule has 9 heteroatoms. The van der Waals surface area contributed by atoms with Gasteiger partial charge in [-0.15, -0.1) is 0 Å². The first-order valence-electron chi connectivity index (χ1n) is 6.27. The standard InChI is InChI=1S/C14H7ClF3N3OS/c15-8-3-1-2-4-9(8)21-11-7(12(22)20-13(21)23)5-6-10(19-11)14(16,17)18/h1-6H,(H,20,22,23). The minimum atomic E-state index is -4.64. The molecule has 0 aliphatic rings. The highest BCUT2D eigenvalue weighted by molar-refractivity contribution is 7.71. The molecule has 0 fully saturated rings. The number of para-hydroxylation sites is 1. The maximum Gasteiger partial charge on any atom is 0.433 e. The van der Waals surface area contributed by atoms with Crippen LogP contribution in [-0.2, 0) is 6.18 Å². The van der Waals surface area contributed by atoms with Gasteiger partial charge in [-0.1, -0.05) is 23.7 Å². The lowest BCUT2D eigenvalue weighted by atomic mass is 10.2. The number of halogens is 4. The Balaban J connectivity index is 2.48. The van der Waals surface area contributed by atoms with E-state index >= 15 is 0 Å². The van der Waals surface area contributed by atoms with Crippen LogP contribution in [0.25, 0.3) is 16.7 Å². The molecular formula is C14H7ClF3N3OS. The lowest BCUT2D eigenvalue weighted by molar-refractivity contribution is -0.141. The molecule has 0 unspecified atom stereocenters. The fourth-order valence-corrected chi connectivity index (χ4v) is 2.62. The number of rotatable bonds is 1. The smallest absolute Gasteiger partial charge is 0.298 e. The molecule has 0 saturated carbocycles. The van der Waals surface area contributed by atoms with E-state index in [1.54, 1.807) is 24.3 Å². The molecule has 2 aromatic heterocycles. The number of alkyl halides is 3. The van der Waals surface area contributed by atoms with E-state index in [-0.39, 0.29) is 20.8 Å². The molecule has 2 heterocycles. The van der Waals surface area contributed by atoms with Gasteiger partial charge in [-0.3, -0.25) is 14.3 Å². The van der Waals surface area contributed by atoms with Crippen molar-refractivity contribution in [3.63, 3.8) is 0 Å². The second-order valence-corrected chi connectivity index (χ2v) is 5.41. The summed E-state index contributed by atoms with van der Waals surface area (Å²) in [5, 5.41) is 0.239. The number of benzene rings is 1. The number of hydrogen-bond acceptors (Lipinski definition) is 3. The number of fused-ring (bicyclic) bond motifs is 1. The van der Waals surface area contributed by atoms with E-state index in [0.717, 1.165) is 12.1 Å². The largest absolute Gasteiger partial charge is 0.433 e. The molecule has 0 atom stereocenters. The van der Waals surface area contributed by atoms with Crippen LogP contribution in [0.15, 0.2) is 41.2 Å². The Morgan fingerprint density at radius 3 is 2.52 bits per heavy atom. The first-order valence-corrected chi connectivity index (χ1v) is 7.06. The molecule has 0 amide bonds. The van der Waals surface area contributed by atoms with Crippen molar-refractivity contribution in [1.82, 2.24) is 14.5 Å². The van der Waals surface area contributed by atoms with Crippen molar-refractivity contribution in [3.8, 4) is 5.69 Å². The molecule has 0 bridgehead atoms. The summed E-state index contributed by atoms with van der Waals surface area (Å²) in [4.78, 5) is 17.9. The number of nitrogens with one attached hydrogen (secondary N) is 1. The molecule has 0 aliphatic heterocycles. The Kier molecular flexibility index (Phi) is 3.73. The first kappa shape index (κ1) is 15.7. The van der Waals surface area contributed by atoms with Gasteiger partial charge in [-0.2, -0.15) is 13.2 Å². The Bertz CT molecular complexity index is 1030. The summed E-state index contributed by atoms with van der Waals surface area (Å²) in [7, 11) is 0. The van der Waals surface area contributed by atoms with Crippen LogP contribution < -0.4 is 5.56 Å². The van der Waals surface area contributed by atoms with Crippen molar-refractivity contribution in [2.75, 3.05) is 0 Å². The van der Waals surface area contributed by atoms with Crippen molar-refractivity contribution < 1.29 is 13.2 Å². The van der Waals surface area contributed by atoms with Crippen LogP contribution in [0.5, 0.6) is 0 Å². The van der Waals surface area contributed by atoms with Gasteiger partial charge in [-0.25, -0.2) is 4.98 Å². The Labute approximate surface area is 137 Å². The third-order valence-corrected chi connectivity index (χ3v) is 3.74. The van der Waals surface area contributed by atoms with Crippen LogP contribution in [0.4, 0.5) is 13.2 Å². The Morgan fingerprint density at radius 1 is 1.17 bits per heavy atom. The summed E-state index contributed by atoms with van der Waals surface area (Å²) >= 11 is 11.2. The van der Waals surface area contributed by atoms with Crippen LogP contribution >= 0.6 is 23.8 Å². The third-order valence-electron chi connectivity index (χ3n) is 3.14. The molecule has 3 aromatic rings. The molecule has 0 spiro atoms. The zero-order chi connectivity index (χ0) is 16.8. The number of nitrogens with zero attached hydrogens (tertiary/aromatic N) is 2. The van der Waals surface area contributed by atoms with E-state index in [0.29, 0.717) is 5.69 Å². The molecule has 1 N–H and O–H groups in total. The maximum atomic E-state index is 12.9. The normalized spacial score (nSPS) is 11.8. The lowest BCUT2D eigenvalue weighted by Crippen LogP contribution is -2.17. The fourth-order valence-electron chi connectivity index (χ4n) is 2.13. The number of aromatic amines is 1. The van der Waals surface area contributed by atoms with E-state index in [4.69, 9.17) is 23.8 Å². The Morgan fingerprint density at radius 2 is 1.87 bits per heavy atom. The highest BCUT2D eigenvalue weighted by atomic mass is 35.5.